The molecule has 2 heteroatoms. The topological polar surface area (TPSA) is 15.3 Å². The molecule has 2 aliphatic heterocycles. The molecule has 0 spiro atoms. The molecule has 1 N–H and O–H groups in total. The molecular formula is C16H24N2. The molecule has 2 saturated heterocycles. The van der Waals surface area contributed by atoms with Crippen molar-refractivity contribution in [1.29, 1.82) is 0 Å². The highest BCUT2D eigenvalue weighted by Gasteiger charge is 2.45. The first-order chi connectivity index (χ1) is 8.80. The van der Waals surface area contributed by atoms with E-state index in [1.54, 1.807) is 0 Å². The summed E-state index contributed by atoms with van der Waals surface area (Å²) in [6, 6.07) is 11.6. The average molecular weight is 244 g/mol. The van der Waals surface area contributed by atoms with Gasteiger partial charge in [-0.05, 0) is 51.1 Å². The Morgan fingerprint density at radius 3 is 2.89 bits per heavy atom. The molecule has 2 heterocycles. The minimum absolute atomic E-state index is 0.317. The van der Waals surface area contributed by atoms with Crippen LogP contribution in [-0.2, 0) is 6.42 Å². The monoisotopic (exact) mass is 244 g/mol. The molecule has 0 amide bonds. The molecule has 2 fully saturated rings. The third-order valence-corrected chi connectivity index (χ3v) is 4.95. The van der Waals surface area contributed by atoms with E-state index in [0.29, 0.717) is 5.66 Å². The highest BCUT2D eigenvalue weighted by Crippen LogP contribution is 2.40. The number of nitrogens with zero attached hydrogens (tertiary/aromatic N) is 1. The molecule has 0 aliphatic carbocycles. The van der Waals surface area contributed by atoms with Gasteiger partial charge >= 0.3 is 0 Å². The van der Waals surface area contributed by atoms with Crippen LogP contribution in [0.25, 0.3) is 0 Å². The molecule has 18 heavy (non-hydrogen) atoms. The fourth-order valence-corrected chi connectivity index (χ4v) is 3.78. The molecule has 3 rings (SSSR count). The predicted octanol–water partition coefficient (Wildman–Crippen LogP) is 2.79. The highest BCUT2D eigenvalue weighted by molar-refractivity contribution is 5.15. The van der Waals surface area contributed by atoms with E-state index in [-0.39, 0.29) is 0 Å². The SMILES string of the molecule is CN1[C@@H]2CCC[C@@]1(NCCc1ccccc1)CC2. The number of piperidine rings is 1. The van der Waals surface area contributed by atoms with Crippen molar-refractivity contribution in [3.8, 4) is 0 Å². The van der Waals surface area contributed by atoms with Crippen LogP contribution in [0.15, 0.2) is 30.3 Å². The summed E-state index contributed by atoms with van der Waals surface area (Å²) in [4.78, 5) is 2.61. The van der Waals surface area contributed by atoms with Gasteiger partial charge in [0.05, 0.1) is 5.66 Å². The summed E-state index contributed by atoms with van der Waals surface area (Å²) < 4.78 is 0. The number of rotatable bonds is 4. The third kappa shape index (κ3) is 2.19. The Balaban J connectivity index is 1.57. The van der Waals surface area contributed by atoms with E-state index >= 15 is 0 Å². The summed E-state index contributed by atoms with van der Waals surface area (Å²) >= 11 is 0. The van der Waals surface area contributed by atoms with Gasteiger partial charge in [-0.2, -0.15) is 0 Å². The van der Waals surface area contributed by atoms with E-state index in [1.807, 2.05) is 0 Å². The molecule has 2 bridgehead atoms. The van der Waals surface area contributed by atoms with Crippen molar-refractivity contribution in [1.82, 2.24) is 10.2 Å². The van der Waals surface area contributed by atoms with Crippen molar-refractivity contribution in [2.75, 3.05) is 13.6 Å². The lowest BCUT2D eigenvalue weighted by Gasteiger charge is -2.43. The van der Waals surface area contributed by atoms with Crippen molar-refractivity contribution in [2.24, 2.45) is 0 Å². The number of hydrogen-bond acceptors (Lipinski definition) is 2. The Morgan fingerprint density at radius 2 is 2.06 bits per heavy atom. The molecule has 0 saturated carbocycles. The van der Waals surface area contributed by atoms with Crippen LogP contribution in [0.2, 0.25) is 0 Å². The van der Waals surface area contributed by atoms with Crippen LogP contribution in [-0.4, -0.2) is 30.2 Å². The zero-order valence-electron chi connectivity index (χ0n) is 11.4. The van der Waals surface area contributed by atoms with Gasteiger partial charge in [-0.25, -0.2) is 0 Å². The first kappa shape index (κ1) is 12.2. The summed E-state index contributed by atoms with van der Waals surface area (Å²) in [6.07, 6.45) is 7.99. The van der Waals surface area contributed by atoms with E-state index in [0.717, 1.165) is 19.0 Å². The second-order valence-electron chi connectivity index (χ2n) is 5.89. The summed E-state index contributed by atoms with van der Waals surface area (Å²) in [7, 11) is 2.31. The van der Waals surface area contributed by atoms with Crippen molar-refractivity contribution in [3.05, 3.63) is 35.9 Å². The zero-order valence-corrected chi connectivity index (χ0v) is 11.4. The van der Waals surface area contributed by atoms with E-state index < -0.39 is 0 Å². The van der Waals surface area contributed by atoms with Gasteiger partial charge in [0, 0.05) is 12.6 Å². The maximum Gasteiger partial charge on any atom is 0.0713 e. The van der Waals surface area contributed by atoms with Gasteiger partial charge in [-0.15, -0.1) is 0 Å². The van der Waals surface area contributed by atoms with Gasteiger partial charge in [0.1, 0.15) is 0 Å². The first-order valence-electron chi connectivity index (χ1n) is 7.32. The van der Waals surface area contributed by atoms with Crippen molar-refractivity contribution in [2.45, 2.75) is 50.2 Å². The maximum absolute atomic E-state index is 3.85. The zero-order chi connectivity index (χ0) is 12.4. The molecule has 1 aromatic carbocycles. The molecule has 2 aliphatic rings. The van der Waals surface area contributed by atoms with E-state index in [2.05, 4.69) is 47.6 Å². The van der Waals surface area contributed by atoms with Crippen molar-refractivity contribution < 1.29 is 0 Å². The van der Waals surface area contributed by atoms with Crippen LogP contribution in [0, 0.1) is 0 Å². The lowest BCUT2D eigenvalue weighted by molar-refractivity contribution is 0.0525. The second-order valence-corrected chi connectivity index (χ2v) is 5.89. The molecule has 98 valence electrons. The Bertz CT molecular complexity index is 385. The first-order valence-corrected chi connectivity index (χ1v) is 7.32. The minimum Gasteiger partial charge on any atom is -0.299 e. The molecule has 2 atom stereocenters. The van der Waals surface area contributed by atoms with Gasteiger partial charge in [0.2, 0.25) is 0 Å². The number of benzene rings is 1. The Labute approximate surface area is 110 Å². The molecule has 0 radical (unpaired) electrons. The Kier molecular flexibility index (Phi) is 3.40. The van der Waals surface area contributed by atoms with Crippen LogP contribution in [0.5, 0.6) is 0 Å². The fourth-order valence-electron chi connectivity index (χ4n) is 3.78. The summed E-state index contributed by atoms with van der Waals surface area (Å²) in [5.41, 5.74) is 1.76. The van der Waals surface area contributed by atoms with Crippen LogP contribution in [0.1, 0.15) is 37.7 Å². The van der Waals surface area contributed by atoms with Crippen molar-refractivity contribution in [3.63, 3.8) is 0 Å². The number of fused-ring (bicyclic) bond motifs is 2. The van der Waals surface area contributed by atoms with Gasteiger partial charge in [0.25, 0.3) is 0 Å². The second kappa shape index (κ2) is 5.02. The lowest BCUT2D eigenvalue weighted by atomic mass is 9.97. The third-order valence-electron chi connectivity index (χ3n) is 4.95. The fraction of sp³-hybridized carbons (Fsp3) is 0.625. The normalized spacial score (nSPS) is 31.7. The van der Waals surface area contributed by atoms with Crippen LogP contribution < -0.4 is 5.32 Å². The number of nitrogens with one attached hydrogen (secondary N) is 1. The Morgan fingerprint density at radius 1 is 1.22 bits per heavy atom. The van der Waals surface area contributed by atoms with Gasteiger partial charge in [-0.3, -0.25) is 10.2 Å². The number of hydrogen-bond donors (Lipinski definition) is 1. The van der Waals surface area contributed by atoms with Crippen LogP contribution >= 0.6 is 0 Å². The van der Waals surface area contributed by atoms with E-state index in [9.17, 15) is 0 Å². The van der Waals surface area contributed by atoms with Crippen molar-refractivity contribution >= 4 is 0 Å². The Hall–Kier alpha value is -0.860. The van der Waals surface area contributed by atoms with Crippen LogP contribution in [0.4, 0.5) is 0 Å². The molecular weight excluding hydrogens is 220 g/mol. The molecule has 0 unspecified atom stereocenters. The minimum atomic E-state index is 0.317. The standard InChI is InChI=1S/C16H24N2/c1-18-15-8-5-11-16(18,12-9-15)17-13-10-14-6-3-2-4-7-14/h2-4,6-7,15,17H,5,8-13H2,1H3/t15-,16+/m1/s1. The highest BCUT2D eigenvalue weighted by atomic mass is 15.3. The predicted molar refractivity (Wildman–Crippen MR) is 75.5 cm³/mol. The smallest absolute Gasteiger partial charge is 0.0713 e. The largest absolute Gasteiger partial charge is 0.299 e. The van der Waals surface area contributed by atoms with Gasteiger partial charge < -0.3 is 0 Å². The van der Waals surface area contributed by atoms with E-state index in [4.69, 9.17) is 0 Å². The average Bonchev–Trinajstić information content (AvgIpc) is 2.61. The lowest BCUT2D eigenvalue weighted by Crippen LogP contribution is -2.57. The van der Waals surface area contributed by atoms with Gasteiger partial charge in [0.15, 0.2) is 0 Å². The maximum atomic E-state index is 3.85. The summed E-state index contributed by atoms with van der Waals surface area (Å²) in [5.74, 6) is 0. The van der Waals surface area contributed by atoms with E-state index in [1.165, 1.54) is 37.7 Å². The summed E-state index contributed by atoms with van der Waals surface area (Å²) in [5, 5.41) is 3.85. The molecule has 2 nitrogen and oxygen atoms in total. The molecule has 0 aromatic heterocycles. The van der Waals surface area contributed by atoms with Crippen LogP contribution in [0.3, 0.4) is 0 Å². The summed E-state index contributed by atoms with van der Waals surface area (Å²) in [6.45, 7) is 1.10. The molecule has 1 aromatic rings. The van der Waals surface area contributed by atoms with Gasteiger partial charge in [-0.1, -0.05) is 30.3 Å². The quantitative estimate of drug-likeness (QED) is 0.876.